The molecule has 128 valence electrons. The SMILES string of the molecule is [C-]#[N+]C([N+]#[C-])=C1/C(=C/c2cc(Cl)c(O)c(Cl)c2)S(=O)(=O)c2ccccc21. The fourth-order valence-corrected chi connectivity index (χ4v) is 4.85. The van der Waals surface area contributed by atoms with Crippen molar-refractivity contribution in [1.29, 1.82) is 0 Å². The lowest BCUT2D eigenvalue weighted by Gasteiger charge is -2.04. The normalized spacial score (nSPS) is 16.0. The zero-order valence-corrected chi connectivity index (χ0v) is 15.2. The predicted molar refractivity (Wildman–Crippen MR) is 99.9 cm³/mol. The molecule has 0 spiro atoms. The molecule has 0 fully saturated rings. The number of allylic oxidation sites excluding steroid dienone is 1. The second-order valence-electron chi connectivity index (χ2n) is 5.26. The van der Waals surface area contributed by atoms with Crippen molar-refractivity contribution in [3.8, 4) is 5.75 Å². The maximum atomic E-state index is 12.9. The highest BCUT2D eigenvalue weighted by Gasteiger charge is 2.40. The van der Waals surface area contributed by atoms with E-state index < -0.39 is 9.84 Å². The van der Waals surface area contributed by atoms with E-state index in [9.17, 15) is 13.5 Å². The Kier molecular flexibility index (Phi) is 4.52. The zero-order valence-electron chi connectivity index (χ0n) is 12.9. The summed E-state index contributed by atoms with van der Waals surface area (Å²) in [5.74, 6) is -0.660. The number of aromatic hydroxyl groups is 1. The fourth-order valence-electron chi connectivity index (χ4n) is 2.63. The van der Waals surface area contributed by atoms with Gasteiger partial charge in [0, 0.05) is 0 Å². The summed E-state index contributed by atoms with van der Waals surface area (Å²) in [4.78, 5) is 6.19. The second-order valence-corrected chi connectivity index (χ2v) is 7.96. The van der Waals surface area contributed by atoms with Crippen LogP contribution in [0.25, 0.3) is 21.3 Å². The third-order valence-electron chi connectivity index (χ3n) is 3.75. The van der Waals surface area contributed by atoms with Crippen molar-refractivity contribution < 1.29 is 13.5 Å². The molecule has 0 saturated carbocycles. The molecule has 0 amide bonds. The van der Waals surface area contributed by atoms with E-state index in [4.69, 9.17) is 36.3 Å². The summed E-state index contributed by atoms with van der Waals surface area (Å²) < 4.78 is 25.9. The molecule has 1 aliphatic heterocycles. The lowest BCUT2D eigenvalue weighted by Crippen LogP contribution is -1.98. The molecule has 1 heterocycles. The average molecular weight is 403 g/mol. The quantitative estimate of drug-likeness (QED) is 0.679. The molecule has 0 unspecified atom stereocenters. The smallest absolute Gasteiger partial charge is 0.505 e. The number of phenolic OH excluding ortho intramolecular Hbond substituents is 1. The Labute approximate surface area is 160 Å². The Bertz CT molecular complexity index is 1160. The van der Waals surface area contributed by atoms with Crippen molar-refractivity contribution in [2.45, 2.75) is 4.90 Å². The van der Waals surface area contributed by atoms with Crippen LogP contribution in [0, 0.1) is 13.1 Å². The minimum Gasteiger partial charge on any atom is -0.505 e. The predicted octanol–water partition coefficient (Wildman–Crippen LogP) is 5.03. The van der Waals surface area contributed by atoms with Crippen LogP contribution in [0.4, 0.5) is 0 Å². The minimum atomic E-state index is -3.93. The van der Waals surface area contributed by atoms with Crippen LogP contribution in [-0.2, 0) is 9.84 Å². The van der Waals surface area contributed by atoms with E-state index in [1.165, 1.54) is 24.3 Å². The van der Waals surface area contributed by atoms with Crippen LogP contribution in [0.5, 0.6) is 5.75 Å². The first-order valence-corrected chi connectivity index (χ1v) is 9.29. The van der Waals surface area contributed by atoms with E-state index >= 15 is 0 Å². The van der Waals surface area contributed by atoms with Crippen LogP contribution in [0.3, 0.4) is 0 Å². The minimum absolute atomic E-state index is 0.0297. The summed E-state index contributed by atoms with van der Waals surface area (Å²) >= 11 is 11.8. The molecule has 26 heavy (non-hydrogen) atoms. The fraction of sp³-hybridized carbons (Fsp3) is 0. The molecule has 0 radical (unpaired) electrons. The van der Waals surface area contributed by atoms with Gasteiger partial charge in [-0.3, -0.25) is 0 Å². The molecule has 0 aliphatic carbocycles. The number of nitrogens with zero attached hydrogens (tertiary/aromatic N) is 2. The summed E-state index contributed by atoms with van der Waals surface area (Å²) in [7, 11) is -3.93. The Hall–Kier alpha value is -2.77. The van der Waals surface area contributed by atoms with Crippen molar-refractivity contribution in [2.24, 2.45) is 0 Å². The zero-order chi connectivity index (χ0) is 19.1. The Morgan fingerprint density at radius 2 is 1.65 bits per heavy atom. The highest BCUT2D eigenvalue weighted by molar-refractivity contribution is 7.96. The summed E-state index contributed by atoms with van der Waals surface area (Å²) in [5.41, 5.74) is 0.665. The molecule has 8 heteroatoms. The molecule has 3 rings (SSSR count). The lowest BCUT2D eigenvalue weighted by molar-refractivity contribution is 0.476. The van der Waals surface area contributed by atoms with Gasteiger partial charge >= 0.3 is 5.82 Å². The molecule has 2 aromatic rings. The summed E-state index contributed by atoms with van der Waals surface area (Å²) in [6.45, 7) is 14.4. The third-order valence-corrected chi connectivity index (χ3v) is 6.17. The molecule has 1 aliphatic rings. The van der Waals surface area contributed by atoms with Gasteiger partial charge in [0.25, 0.3) is 0 Å². The largest absolute Gasteiger partial charge is 0.528 e. The van der Waals surface area contributed by atoms with E-state index in [0.717, 1.165) is 0 Å². The molecular formula is C18H8Cl2N2O3S. The molecule has 0 bridgehead atoms. The molecule has 0 saturated heterocycles. The summed E-state index contributed by atoms with van der Waals surface area (Å²) in [6, 6.07) is 8.88. The summed E-state index contributed by atoms with van der Waals surface area (Å²) in [5, 5.41) is 9.57. The van der Waals surface area contributed by atoms with Gasteiger partial charge in [0.15, 0.2) is 5.75 Å². The van der Waals surface area contributed by atoms with E-state index in [1.807, 2.05) is 0 Å². The van der Waals surface area contributed by atoms with Crippen molar-refractivity contribution in [2.75, 3.05) is 0 Å². The van der Waals surface area contributed by atoms with Crippen LogP contribution in [0.15, 0.2) is 52.0 Å². The lowest BCUT2D eigenvalue weighted by atomic mass is 10.0. The van der Waals surface area contributed by atoms with Gasteiger partial charge in [0.1, 0.15) is 13.1 Å². The highest BCUT2D eigenvalue weighted by Crippen LogP contribution is 2.46. The monoisotopic (exact) mass is 402 g/mol. The first-order valence-electron chi connectivity index (χ1n) is 7.05. The molecule has 1 N–H and O–H groups in total. The third kappa shape index (κ3) is 2.75. The van der Waals surface area contributed by atoms with Crippen LogP contribution < -0.4 is 0 Å². The van der Waals surface area contributed by atoms with Crippen molar-refractivity contribution in [1.82, 2.24) is 0 Å². The first-order chi connectivity index (χ1) is 12.3. The maximum absolute atomic E-state index is 12.9. The number of fused-ring (bicyclic) bond motifs is 1. The topological polar surface area (TPSA) is 63.1 Å². The number of phenols is 1. The number of hydrogen-bond acceptors (Lipinski definition) is 3. The van der Waals surface area contributed by atoms with Crippen molar-refractivity contribution >= 4 is 44.7 Å². The molecule has 0 atom stereocenters. The number of sulfone groups is 1. The van der Waals surface area contributed by atoms with Crippen LogP contribution in [-0.4, -0.2) is 13.5 Å². The Balaban J connectivity index is 2.39. The molecule has 2 aromatic carbocycles. The Morgan fingerprint density at radius 1 is 1.08 bits per heavy atom. The first kappa shape index (κ1) is 18.0. The number of hydrogen-bond donors (Lipinski definition) is 1. The number of benzene rings is 2. The highest BCUT2D eigenvalue weighted by atomic mass is 35.5. The van der Waals surface area contributed by atoms with Gasteiger partial charge in [0.05, 0.1) is 25.4 Å². The van der Waals surface area contributed by atoms with Crippen molar-refractivity contribution in [3.63, 3.8) is 0 Å². The molecule has 5 nitrogen and oxygen atoms in total. The number of halogens is 2. The van der Waals surface area contributed by atoms with E-state index in [-0.39, 0.29) is 37.0 Å². The van der Waals surface area contributed by atoms with E-state index in [0.29, 0.717) is 11.1 Å². The Morgan fingerprint density at radius 3 is 2.23 bits per heavy atom. The summed E-state index contributed by atoms with van der Waals surface area (Å²) in [6.07, 6.45) is 1.29. The van der Waals surface area contributed by atoms with E-state index in [2.05, 4.69) is 9.69 Å². The van der Waals surface area contributed by atoms with Gasteiger partial charge < -0.3 is 5.11 Å². The van der Waals surface area contributed by atoms with Gasteiger partial charge in [-0.2, -0.15) is 9.69 Å². The van der Waals surface area contributed by atoms with Crippen LogP contribution in [0.2, 0.25) is 10.0 Å². The van der Waals surface area contributed by atoms with Crippen LogP contribution >= 0.6 is 23.2 Å². The van der Waals surface area contributed by atoms with E-state index in [1.54, 1.807) is 18.2 Å². The molecule has 0 aromatic heterocycles. The average Bonchev–Trinajstić information content (AvgIpc) is 2.83. The van der Waals surface area contributed by atoms with Gasteiger partial charge in [-0.05, 0) is 35.4 Å². The van der Waals surface area contributed by atoms with Gasteiger partial charge in [-0.25, -0.2) is 8.42 Å². The van der Waals surface area contributed by atoms with Gasteiger partial charge in [0.2, 0.25) is 9.84 Å². The van der Waals surface area contributed by atoms with Gasteiger partial charge in [-0.15, -0.1) is 0 Å². The maximum Gasteiger partial charge on any atom is 0.528 e. The van der Waals surface area contributed by atoms with Crippen molar-refractivity contribution in [3.05, 3.63) is 91.1 Å². The number of rotatable bonds is 1. The molecular weight excluding hydrogens is 395 g/mol. The standard InChI is InChI=1S/C18H8Cl2N2O3S/c1-21-18(22-2)16-11-5-3-4-6-14(11)26(24,25)15(16)9-10-7-12(19)17(23)13(20)8-10/h3-9,23H/b15-9-. The van der Waals surface area contributed by atoms with Crippen LogP contribution in [0.1, 0.15) is 11.1 Å². The van der Waals surface area contributed by atoms with Gasteiger partial charge in [-0.1, -0.05) is 41.4 Å². The second kappa shape index (κ2) is 6.51.